The number of hydrogen-bond acceptors (Lipinski definition) is 8. The summed E-state index contributed by atoms with van der Waals surface area (Å²) >= 11 is 0. The van der Waals surface area contributed by atoms with Gasteiger partial charge in [0.05, 0.1) is 34.0 Å². The molecule has 9 heteroatoms. The number of ketones is 1. The molecule has 100 valence electrons. The van der Waals surface area contributed by atoms with E-state index < -0.39 is 17.7 Å². The highest BCUT2D eigenvalue weighted by Gasteiger charge is 2.37. The summed E-state index contributed by atoms with van der Waals surface area (Å²) in [6.07, 6.45) is 0. The molecule has 12 N–H and O–H groups in total. The second-order valence-corrected chi connectivity index (χ2v) is 4.08. The molecule has 1 aromatic rings. The van der Waals surface area contributed by atoms with Crippen LogP contribution >= 0.6 is 0 Å². The summed E-state index contributed by atoms with van der Waals surface area (Å²) in [7, 11) is 0. The molecule has 1 unspecified atom stereocenters. The van der Waals surface area contributed by atoms with Crippen molar-refractivity contribution in [1.29, 1.82) is 0 Å². The average Bonchev–Trinajstić information content (AvgIpc) is 2.62. The molecule has 0 aliphatic carbocycles. The van der Waals surface area contributed by atoms with Crippen molar-refractivity contribution in [2.45, 2.75) is 6.04 Å². The molecule has 1 aliphatic heterocycles. The van der Waals surface area contributed by atoms with E-state index in [1.807, 2.05) is 0 Å². The van der Waals surface area contributed by atoms with Crippen LogP contribution in [0.3, 0.4) is 0 Å². The molecule has 1 heterocycles. The summed E-state index contributed by atoms with van der Waals surface area (Å²) in [5.41, 5.74) is 33.4. The largest absolute Gasteiger partial charge is 0.396 e. The number of aliphatic imine (C=N–C) groups is 1. The van der Waals surface area contributed by atoms with Crippen LogP contribution in [0.4, 0.5) is 28.4 Å². The highest BCUT2D eigenvalue weighted by atomic mass is 16.2. The van der Waals surface area contributed by atoms with Gasteiger partial charge in [-0.3, -0.25) is 9.59 Å². The molecule has 0 saturated heterocycles. The molecule has 1 aromatic carbocycles. The number of nitrogens with two attached hydrogens (primary N) is 6. The first-order valence-corrected chi connectivity index (χ1v) is 5.21. The third-order valence-electron chi connectivity index (χ3n) is 2.94. The molecule has 0 spiro atoms. The molecular formula is C10H13N7O2. The van der Waals surface area contributed by atoms with Gasteiger partial charge in [0.1, 0.15) is 5.71 Å². The van der Waals surface area contributed by atoms with Gasteiger partial charge in [-0.15, -0.1) is 0 Å². The molecule has 1 amide bonds. The molecule has 1 atom stereocenters. The molecule has 19 heavy (non-hydrogen) atoms. The normalized spacial score (nSPS) is 18.8. The van der Waals surface area contributed by atoms with E-state index in [1.54, 1.807) is 0 Å². The summed E-state index contributed by atoms with van der Waals surface area (Å²) in [6.45, 7) is 0. The Hall–Kier alpha value is -2.81. The first-order valence-electron chi connectivity index (χ1n) is 5.21. The smallest absolute Gasteiger partial charge is 0.271 e. The number of carbonyl (C=O) groups is 2. The fourth-order valence-electron chi connectivity index (χ4n) is 1.78. The van der Waals surface area contributed by atoms with E-state index in [9.17, 15) is 9.59 Å². The topological polar surface area (TPSA) is 203 Å². The predicted octanol–water partition coefficient (Wildman–Crippen LogP) is -2.18. The second-order valence-electron chi connectivity index (χ2n) is 4.08. The van der Waals surface area contributed by atoms with E-state index in [1.165, 1.54) is 0 Å². The quantitative estimate of drug-likeness (QED) is 0.242. The van der Waals surface area contributed by atoms with Gasteiger partial charge in [-0.2, -0.15) is 0 Å². The number of rotatable bonds is 1. The summed E-state index contributed by atoms with van der Waals surface area (Å²) in [4.78, 5) is 26.7. The van der Waals surface area contributed by atoms with Crippen LogP contribution in [0.1, 0.15) is 5.56 Å². The lowest BCUT2D eigenvalue weighted by atomic mass is 9.98. The van der Waals surface area contributed by atoms with Crippen molar-refractivity contribution in [1.82, 2.24) is 0 Å². The van der Waals surface area contributed by atoms with Crippen molar-refractivity contribution < 1.29 is 9.59 Å². The Morgan fingerprint density at radius 1 is 0.789 bits per heavy atom. The van der Waals surface area contributed by atoms with E-state index in [-0.39, 0.29) is 39.7 Å². The fourth-order valence-corrected chi connectivity index (χ4v) is 1.78. The van der Waals surface area contributed by atoms with Crippen molar-refractivity contribution in [3.05, 3.63) is 5.56 Å². The Balaban J connectivity index is 2.76. The van der Waals surface area contributed by atoms with Crippen molar-refractivity contribution in [3.63, 3.8) is 0 Å². The van der Waals surface area contributed by atoms with Gasteiger partial charge < -0.3 is 34.4 Å². The minimum Gasteiger partial charge on any atom is -0.396 e. The Morgan fingerprint density at radius 2 is 1.21 bits per heavy atom. The zero-order valence-corrected chi connectivity index (χ0v) is 9.81. The Labute approximate surface area is 107 Å². The lowest BCUT2D eigenvalue weighted by molar-refractivity contribution is -0.123. The SMILES string of the molecule is Nc1c(N)c(N)c(C2=NC(=O)C(N)C2=O)c(N)c1N. The van der Waals surface area contributed by atoms with E-state index in [0.29, 0.717) is 0 Å². The standard InChI is InChI=1S/C10H13N7O2/c11-2-1(3(12)5(14)6(15)4(2)13)8-9(18)7(16)10(19)17-8/h7H,11-16H2. The highest BCUT2D eigenvalue weighted by molar-refractivity contribution is 6.57. The van der Waals surface area contributed by atoms with Crippen LogP contribution in [0, 0.1) is 0 Å². The van der Waals surface area contributed by atoms with Crippen LogP contribution in [0.25, 0.3) is 0 Å². The summed E-state index contributed by atoms with van der Waals surface area (Å²) < 4.78 is 0. The first-order chi connectivity index (χ1) is 8.77. The third kappa shape index (κ3) is 1.56. The Bertz CT molecular complexity index is 621. The van der Waals surface area contributed by atoms with Gasteiger partial charge in [-0.1, -0.05) is 0 Å². The molecule has 1 aliphatic rings. The van der Waals surface area contributed by atoms with E-state index in [4.69, 9.17) is 34.4 Å². The van der Waals surface area contributed by atoms with Gasteiger partial charge in [0.2, 0.25) is 5.78 Å². The molecule has 0 aromatic heterocycles. The summed E-state index contributed by atoms with van der Waals surface area (Å²) in [6, 6.07) is -1.35. The van der Waals surface area contributed by atoms with Crippen LogP contribution in [0.5, 0.6) is 0 Å². The first kappa shape index (κ1) is 12.6. The van der Waals surface area contributed by atoms with Crippen LogP contribution in [-0.4, -0.2) is 23.4 Å². The van der Waals surface area contributed by atoms with Gasteiger partial charge in [-0.05, 0) is 0 Å². The Morgan fingerprint density at radius 3 is 1.58 bits per heavy atom. The van der Waals surface area contributed by atoms with Crippen LogP contribution in [-0.2, 0) is 9.59 Å². The molecular weight excluding hydrogens is 250 g/mol. The molecule has 2 rings (SSSR count). The van der Waals surface area contributed by atoms with Crippen LogP contribution in [0.2, 0.25) is 0 Å². The summed E-state index contributed by atoms with van der Waals surface area (Å²) in [5, 5.41) is 0. The molecule has 0 radical (unpaired) electrons. The fraction of sp³-hybridized carbons (Fsp3) is 0.100. The van der Waals surface area contributed by atoms with Gasteiger partial charge in [0.15, 0.2) is 6.04 Å². The lowest BCUT2D eigenvalue weighted by Crippen LogP contribution is -2.36. The number of Topliss-reactive ketones (excluding diaryl/α,β-unsaturated/α-hetero) is 1. The van der Waals surface area contributed by atoms with Crippen molar-refractivity contribution in [2.24, 2.45) is 10.7 Å². The summed E-state index contributed by atoms with van der Waals surface area (Å²) in [5.74, 6) is -1.46. The zero-order chi connectivity index (χ0) is 14.5. The number of nitrogens with zero attached hydrogens (tertiary/aromatic N) is 1. The number of nitrogen functional groups attached to an aromatic ring is 5. The monoisotopic (exact) mass is 263 g/mol. The molecule has 0 saturated carbocycles. The van der Waals surface area contributed by atoms with E-state index >= 15 is 0 Å². The number of carbonyl (C=O) groups excluding carboxylic acids is 2. The van der Waals surface area contributed by atoms with Crippen molar-refractivity contribution in [2.75, 3.05) is 28.7 Å². The zero-order valence-electron chi connectivity index (χ0n) is 9.81. The molecule has 9 nitrogen and oxygen atoms in total. The van der Waals surface area contributed by atoms with Gasteiger partial charge in [0.25, 0.3) is 5.91 Å². The molecule has 0 bridgehead atoms. The highest BCUT2D eigenvalue weighted by Crippen LogP contribution is 2.39. The maximum absolute atomic E-state index is 11.8. The van der Waals surface area contributed by atoms with Gasteiger partial charge >= 0.3 is 0 Å². The molecule has 0 fully saturated rings. The van der Waals surface area contributed by atoms with Crippen molar-refractivity contribution in [3.8, 4) is 0 Å². The van der Waals surface area contributed by atoms with Crippen LogP contribution in [0.15, 0.2) is 4.99 Å². The average molecular weight is 263 g/mol. The van der Waals surface area contributed by atoms with Gasteiger partial charge in [0, 0.05) is 0 Å². The third-order valence-corrected chi connectivity index (χ3v) is 2.94. The van der Waals surface area contributed by atoms with E-state index in [0.717, 1.165) is 0 Å². The van der Waals surface area contributed by atoms with Crippen molar-refractivity contribution >= 4 is 45.8 Å². The number of amides is 1. The predicted molar refractivity (Wildman–Crippen MR) is 73.0 cm³/mol. The maximum atomic E-state index is 11.8. The number of benzene rings is 1. The number of anilines is 5. The number of hydrogen-bond donors (Lipinski definition) is 6. The van der Waals surface area contributed by atoms with Gasteiger partial charge in [-0.25, -0.2) is 4.99 Å². The minimum atomic E-state index is -1.35. The Kier molecular flexibility index (Phi) is 2.56. The van der Waals surface area contributed by atoms with Crippen LogP contribution < -0.4 is 34.4 Å². The maximum Gasteiger partial charge on any atom is 0.271 e. The lowest BCUT2D eigenvalue weighted by Gasteiger charge is -2.16. The van der Waals surface area contributed by atoms with E-state index in [2.05, 4.69) is 4.99 Å². The second kappa shape index (κ2) is 3.85. The minimum absolute atomic E-state index is 0.00417.